The standard InChI is InChI=1S/C29H41NO5Si/c1-17(2)19-14-22(35-36(9,10)27(3,4)5)29(8)25(28(19,6)7)24(31)23-21(34-29)15-20(33-26(23)32)18-12-11-13-30-16-18/h11-13,15-17,19,22,25H,14H2,1-10H3/t19-,22-,25+,29+/m0/s1. The Labute approximate surface area is 215 Å². The van der Waals surface area contributed by atoms with Gasteiger partial charge < -0.3 is 13.6 Å². The van der Waals surface area contributed by atoms with Gasteiger partial charge in [-0.3, -0.25) is 9.78 Å². The van der Waals surface area contributed by atoms with Gasteiger partial charge in [0.1, 0.15) is 22.7 Å². The summed E-state index contributed by atoms with van der Waals surface area (Å²) in [5, 5.41) is 0.00425. The van der Waals surface area contributed by atoms with E-state index >= 15 is 0 Å². The molecule has 4 rings (SSSR count). The second-order valence-electron chi connectivity index (χ2n) is 13.2. The normalized spacial score (nSPS) is 27.9. The first-order valence-corrected chi connectivity index (χ1v) is 15.9. The van der Waals surface area contributed by atoms with Crippen LogP contribution in [0.25, 0.3) is 11.3 Å². The largest absolute Gasteiger partial charge is 0.483 e. The van der Waals surface area contributed by atoms with E-state index in [0.717, 1.165) is 6.42 Å². The van der Waals surface area contributed by atoms with Gasteiger partial charge in [0.15, 0.2) is 14.1 Å². The Morgan fingerprint density at radius 1 is 1.17 bits per heavy atom. The molecule has 0 spiro atoms. The van der Waals surface area contributed by atoms with E-state index in [-0.39, 0.29) is 34.2 Å². The van der Waals surface area contributed by atoms with Gasteiger partial charge >= 0.3 is 5.63 Å². The lowest BCUT2D eigenvalue weighted by Gasteiger charge is -2.60. The molecule has 0 saturated heterocycles. The molecule has 0 amide bonds. The first kappa shape index (κ1) is 26.8. The fourth-order valence-electron chi connectivity index (χ4n) is 6.27. The van der Waals surface area contributed by atoms with E-state index in [2.05, 4.69) is 66.5 Å². The molecule has 2 aromatic heterocycles. The first-order chi connectivity index (χ1) is 16.5. The van der Waals surface area contributed by atoms with Crippen LogP contribution in [-0.2, 0) is 4.43 Å². The third-order valence-corrected chi connectivity index (χ3v) is 13.6. The smallest absolute Gasteiger partial charge is 0.351 e. The minimum absolute atomic E-state index is 0.00425. The molecule has 2 aliphatic rings. The first-order valence-electron chi connectivity index (χ1n) is 13.0. The summed E-state index contributed by atoms with van der Waals surface area (Å²) in [6.45, 7) is 21.8. The summed E-state index contributed by atoms with van der Waals surface area (Å²) in [6.07, 6.45) is 3.79. The number of carbonyl (C=O) groups excluding carboxylic acids is 1. The summed E-state index contributed by atoms with van der Waals surface area (Å²) in [5.74, 6) is 0.426. The summed E-state index contributed by atoms with van der Waals surface area (Å²) >= 11 is 0. The number of Topliss-reactive ketones (excluding diaryl/α,β-unsaturated/α-hetero) is 1. The zero-order valence-electron chi connectivity index (χ0n) is 23.4. The molecule has 2 aromatic rings. The number of aromatic nitrogens is 1. The average molecular weight is 512 g/mol. The fourth-order valence-corrected chi connectivity index (χ4v) is 7.66. The summed E-state index contributed by atoms with van der Waals surface area (Å²) < 4.78 is 19.4. The van der Waals surface area contributed by atoms with Crippen molar-refractivity contribution in [2.75, 3.05) is 0 Å². The SMILES string of the molecule is CC(C)[C@@H]1C[C@H](O[Si](C)(C)C(C)(C)C)[C@@]2(C)Oc3cc(-c4cccnc4)oc(=O)c3C(=O)[C@@H]2C1(C)C. The van der Waals surface area contributed by atoms with Crippen LogP contribution in [0.2, 0.25) is 18.1 Å². The Kier molecular flexibility index (Phi) is 6.44. The van der Waals surface area contributed by atoms with Gasteiger partial charge in [0, 0.05) is 24.0 Å². The van der Waals surface area contributed by atoms with E-state index in [1.807, 2.05) is 13.0 Å². The number of hydrogen-bond donors (Lipinski definition) is 0. The number of fused-ring (bicyclic) bond motifs is 2. The van der Waals surface area contributed by atoms with Crippen LogP contribution in [0.5, 0.6) is 5.75 Å². The Balaban J connectivity index is 1.89. The number of nitrogens with zero attached hydrogens (tertiary/aromatic N) is 1. The number of rotatable bonds is 4. The van der Waals surface area contributed by atoms with Gasteiger partial charge in [-0.2, -0.15) is 0 Å². The molecule has 1 aliphatic heterocycles. The molecule has 6 nitrogen and oxygen atoms in total. The molecule has 0 aromatic carbocycles. The molecule has 0 unspecified atom stereocenters. The highest BCUT2D eigenvalue weighted by molar-refractivity contribution is 6.74. The second kappa shape index (κ2) is 8.66. The van der Waals surface area contributed by atoms with Crippen molar-refractivity contribution in [3.63, 3.8) is 0 Å². The molecule has 1 saturated carbocycles. The van der Waals surface area contributed by atoms with Crippen LogP contribution in [0.15, 0.2) is 39.8 Å². The van der Waals surface area contributed by atoms with Gasteiger partial charge in [0.05, 0.1) is 12.0 Å². The van der Waals surface area contributed by atoms with Crippen molar-refractivity contribution >= 4 is 14.1 Å². The predicted octanol–water partition coefficient (Wildman–Crippen LogP) is 6.74. The van der Waals surface area contributed by atoms with Crippen molar-refractivity contribution in [1.82, 2.24) is 4.98 Å². The maximum atomic E-state index is 14.2. The highest BCUT2D eigenvalue weighted by Crippen LogP contribution is 2.58. The third-order valence-electron chi connectivity index (χ3n) is 9.13. The second-order valence-corrected chi connectivity index (χ2v) is 18.0. The molecule has 196 valence electrons. The number of carbonyl (C=O) groups is 1. The van der Waals surface area contributed by atoms with Gasteiger partial charge in [0.25, 0.3) is 0 Å². The summed E-state index contributed by atoms with van der Waals surface area (Å²) in [4.78, 5) is 31.6. The third kappa shape index (κ3) is 4.18. The zero-order valence-corrected chi connectivity index (χ0v) is 24.4. The van der Waals surface area contributed by atoms with Crippen LogP contribution in [0.4, 0.5) is 0 Å². The van der Waals surface area contributed by atoms with Gasteiger partial charge in [-0.1, -0.05) is 48.5 Å². The van der Waals surface area contributed by atoms with E-state index in [0.29, 0.717) is 17.2 Å². The van der Waals surface area contributed by atoms with E-state index in [4.69, 9.17) is 13.6 Å². The maximum absolute atomic E-state index is 14.2. The van der Waals surface area contributed by atoms with Crippen molar-refractivity contribution in [3.05, 3.63) is 46.6 Å². The van der Waals surface area contributed by atoms with Gasteiger partial charge in [-0.05, 0) is 60.9 Å². The van der Waals surface area contributed by atoms with Crippen LogP contribution in [0, 0.1) is 23.2 Å². The molecule has 1 fully saturated rings. The lowest BCUT2D eigenvalue weighted by molar-refractivity contribution is -0.160. The molecule has 4 atom stereocenters. The van der Waals surface area contributed by atoms with Crippen molar-refractivity contribution in [3.8, 4) is 17.1 Å². The Hall–Kier alpha value is -2.25. The quantitative estimate of drug-likeness (QED) is 0.423. The molecule has 0 radical (unpaired) electrons. The van der Waals surface area contributed by atoms with Crippen LogP contribution < -0.4 is 10.4 Å². The number of hydrogen-bond acceptors (Lipinski definition) is 6. The number of pyridine rings is 1. The van der Waals surface area contributed by atoms with E-state index in [1.165, 1.54) is 0 Å². The van der Waals surface area contributed by atoms with Gasteiger partial charge in [0.2, 0.25) is 0 Å². The number of ketones is 1. The Morgan fingerprint density at radius 2 is 1.83 bits per heavy atom. The summed E-state index contributed by atoms with van der Waals surface area (Å²) in [5.41, 5.74) is -1.33. The minimum atomic E-state index is -2.19. The summed E-state index contributed by atoms with van der Waals surface area (Å²) in [7, 11) is -2.19. The number of ether oxygens (including phenoxy) is 1. The highest BCUT2D eigenvalue weighted by Gasteiger charge is 2.65. The highest BCUT2D eigenvalue weighted by atomic mass is 28.4. The lowest BCUT2D eigenvalue weighted by Crippen LogP contribution is -2.69. The van der Waals surface area contributed by atoms with Crippen molar-refractivity contribution in [1.29, 1.82) is 0 Å². The Bertz CT molecular complexity index is 1210. The van der Waals surface area contributed by atoms with Crippen molar-refractivity contribution in [2.45, 2.75) is 91.6 Å². The van der Waals surface area contributed by atoms with Gasteiger partial charge in [-0.15, -0.1) is 0 Å². The molecule has 1 aliphatic carbocycles. The fraction of sp³-hybridized carbons (Fsp3) is 0.621. The van der Waals surface area contributed by atoms with Crippen LogP contribution >= 0.6 is 0 Å². The van der Waals surface area contributed by atoms with Crippen molar-refractivity contribution < 1.29 is 18.4 Å². The van der Waals surface area contributed by atoms with Gasteiger partial charge in [-0.25, -0.2) is 4.79 Å². The van der Waals surface area contributed by atoms with Crippen LogP contribution in [0.1, 0.15) is 72.2 Å². The van der Waals surface area contributed by atoms with E-state index in [1.54, 1.807) is 24.5 Å². The molecule has 3 heterocycles. The molecule has 0 bridgehead atoms. The Morgan fingerprint density at radius 3 is 2.39 bits per heavy atom. The topological polar surface area (TPSA) is 78.6 Å². The lowest BCUT2D eigenvalue weighted by atomic mass is 9.51. The molecule has 0 N–H and O–H groups in total. The maximum Gasteiger partial charge on any atom is 0.351 e. The minimum Gasteiger partial charge on any atom is -0.483 e. The van der Waals surface area contributed by atoms with Crippen molar-refractivity contribution in [2.24, 2.45) is 23.2 Å². The average Bonchev–Trinajstić information content (AvgIpc) is 2.74. The van der Waals surface area contributed by atoms with E-state index in [9.17, 15) is 9.59 Å². The van der Waals surface area contributed by atoms with Crippen LogP contribution in [-0.4, -0.2) is 30.8 Å². The van der Waals surface area contributed by atoms with Crippen LogP contribution in [0.3, 0.4) is 0 Å². The molecular formula is C29H41NO5Si. The summed E-state index contributed by atoms with van der Waals surface area (Å²) in [6, 6.07) is 5.25. The monoisotopic (exact) mass is 511 g/mol. The molecule has 7 heteroatoms. The van der Waals surface area contributed by atoms with E-state index < -0.39 is 30.9 Å². The predicted molar refractivity (Wildman–Crippen MR) is 144 cm³/mol. The molecular weight excluding hydrogens is 470 g/mol. The zero-order chi connectivity index (χ0) is 26.8. The molecule has 36 heavy (non-hydrogen) atoms.